The molecule has 0 saturated heterocycles. The molecule has 122 valence electrons. The molecule has 3 aromatic rings. The fraction of sp³-hybridized carbons (Fsp3) is 0.182. The molecule has 0 fully saturated rings. The molecule has 0 saturated carbocycles. The summed E-state index contributed by atoms with van der Waals surface area (Å²) in [6, 6.07) is 23.3. The predicted octanol–water partition coefficient (Wildman–Crippen LogP) is 6.66. The largest absolute Gasteiger partial charge is 0.397 e. The lowest BCUT2D eigenvalue weighted by Gasteiger charge is -2.22. The van der Waals surface area contributed by atoms with E-state index in [2.05, 4.69) is 97.4 Å². The molecule has 0 heterocycles. The molecule has 2 heteroatoms. The standard InChI is InChI=1S/C22H22BrN/c1-22(2,3)18-13-19(21(24)20(23)14-18)17-11-7-10-16(12-17)15-8-5-4-6-9-15/h4-14H,24H2,1-3H3. The molecule has 0 amide bonds. The lowest BCUT2D eigenvalue weighted by atomic mass is 9.85. The van der Waals surface area contributed by atoms with Crippen molar-refractivity contribution in [1.29, 1.82) is 0 Å². The molecule has 0 atom stereocenters. The third-order valence-corrected chi connectivity index (χ3v) is 4.93. The third-order valence-electron chi connectivity index (χ3n) is 4.28. The van der Waals surface area contributed by atoms with Gasteiger partial charge in [0.2, 0.25) is 0 Å². The molecular formula is C22H22BrN. The van der Waals surface area contributed by atoms with Crippen LogP contribution in [0.1, 0.15) is 26.3 Å². The summed E-state index contributed by atoms with van der Waals surface area (Å²) in [6.07, 6.45) is 0. The van der Waals surface area contributed by atoms with Crippen molar-refractivity contribution in [2.75, 3.05) is 5.73 Å². The number of rotatable bonds is 2. The van der Waals surface area contributed by atoms with Gasteiger partial charge in [-0.25, -0.2) is 0 Å². The van der Waals surface area contributed by atoms with Crippen molar-refractivity contribution < 1.29 is 0 Å². The second kappa shape index (κ2) is 6.45. The van der Waals surface area contributed by atoms with Crippen LogP contribution in [0.3, 0.4) is 0 Å². The Morgan fingerprint density at radius 1 is 0.750 bits per heavy atom. The zero-order valence-electron chi connectivity index (χ0n) is 14.3. The molecule has 3 rings (SSSR count). The summed E-state index contributed by atoms with van der Waals surface area (Å²) in [5.41, 5.74) is 13.1. The minimum Gasteiger partial charge on any atom is -0.397 e. The van der Waals surface area contributed by atoms with Crippen molar-refractivity contribution >= 4 is 21.6 Å². The zero-order valence-corrected chi connectivity index (χ0v) is 15.9. The van der Waals surface area contributed by atoms with Crippen LogP contribution in [0.15, 0.2) is 71.2 Å². The Morgan fingerprint density at radius 2 is 1.38 bits per heavy atom. The van der Waals surface area contributed by atoms with E-state index in [1.165, 1.54) is 16.7 Å². The predicted molar refractivity (Wildman–Crippen MR) is 108 cm³/mol. The van der Waals surface area contributed by atoms with Gasteiger partial charge in [0.15, 0.2) is 0 Å². The highest BCUT2D eigenvalue weighted by Gasteiger charge is 2.18. The second-order valence-electron chi connectivity index (χ2n) is 7.12. The van der Waals surface area contributed by atoms with Crippen LogP contribution >= 0.6 is 15.9 Å². The summed E-state index contributed by atoms with van der Waals surface area (Å²) in [5, 5.41) is 0. The van der Waals surface area contributed by atoms with Gasteiger partial charge >= 0.3 is 0 Å². The topological polar surface area (TPSA) is 26.0 Å². The monoisotopic (exact) mass is 379 g/mol. The first-order valence-corrected chi connectivity index (χ1v) is 8.91. The van der Waals surface area contributed by atoms with Gasteiger partial charge in [-0.05, 0) is 61.8 Å². The van der Waals surface area contributed by atoms with E-state index in [9.17, 15) is 0 Å². The van der Waals surface area contributed by atoms with E-state index in [-0.39, 0.29) is 5.41 Å². The highest BCUT2D eigenvalue weighted by Crippen LogP contribution is 2.38. The summed E-state index contributed by atoms with van der Waals surface area (Å²) >= 11 is 3.63. The number of anilines is 1. The average Bonchev–Trinajstić information content (AvgIpc) is 2.57. The van der Waals surface area contributed by atoms with Gasteiger partial charge in [0.25, 0.3) is 0 Å². The minimum atomic E-state index is 0.0714. The van der Waals surface area contributed by atoms with Crippen molar-refractivity contribution in [2.24, 2.45) is 0 Å². The Bertz CT molecular complexity index is 861. The molecule has 24 heavy (non-hydrogen) atoms. The van der Waals surface area contributed by atoms with Crippen LogP contribution in [0, 0.1) is 0 Å². The summed E-state index contributed by atoms with van der Waals surface area (Å²) in [5.74, 6) is 0. The van der Waals surface area contributed by atoms with E-state index in [1.807, 2.05) is 6.07 Å². The average molecular weight is 380 g/mol. The van der Waals surface area contributed by atoms with Gasteiger partial charge in [-0.1, -0.05) is 69.3 Å². The third kappa shape index (κ3) is 3.39. The van der Waals surface area contributed by atoms with Crippen LogP contribution in [0.2, 0.25) is 0 Å². The van der Waals surface area contributed by atoms with Crippen molar-refractivity contribution in [3.63, 3.8) is 0 Å². The van der Waals surface area contributed by atoms with Crippen LogP contribution in [0.5, 0.6) is 0 Å². The van der Waals surface area contributed by atoms with Crippen LogP contribution in [-0.2, 0) is 5.41 Å². The normalized spacial score (nSPS) is 11.5. The van der Waals surface area contributed by atoms with Gasteiger partial charge in [-0.15, -0.1) is 0 Å². The van der Waals surface area contributed by atoms with Crippen molar-refractivity contribution in [2.45, 2.75) is 26.2 Å². The van der Waals surface area contributed by atoms with Crippen LogP contribution in [0.25, 0.3) is 22.3 Å². The molecule has 0 aliphatic carbocycles. The maximum absolute atomic E-state index is 6.37. The molecular weight excluding hydrogens is 358 g/mol. The van der Waals surface area contributed by atoms with Gasteiger partial charge in [0, 0.05) is 10.0 Å². The molecule has 3 aromatic carbocycles. The number of nitrogens with two attached hydrogens (primary N) is 1. The first kappa shape index (κ1) is 16.8. The quantitative estimate of drug-likeness (QED) is 0.494. The Morgan fingerprint density at radius 3 is 2.04 bits per heavy atom. The van der Waals surface area contributed by atoms with Gasteiger partial charge in [0.1, 0.15) is 0 Å². The number of halogens is 1. The Balaban J connectivity index is 2.15. The molecule has 0 bridgehead atoms. The smallest absolute Gasteiger partial charge is 0.0538 e. The number of hydrogen-bond donors (Lipinski definition) is 1. The Kier molecular flexibility index (Phi) is 4.51. The van der Waals surface area contributed by atoms with Crippen molar-refractivity contribution in [3.05, 3.63) is 76.8 Å². The van der Waals surface area contributed by atoms with E-state index >= 15 is 0 Å². The van der Waals surface area contributed by atoms with Crippen LogP contribution < -0.4 is 5.73 Å². The number of nitrogen functional groups attached to an aromatic ring is 1. The van der Waals surface area contributed by atoms with E-state index in [4.69, 9.17) is 5.73 Å². The SMILES string of the molecule is CC(C)(C)c1cc(Br)c(N)c(-c2cccc(-c3ccccc3)c2)c1. The fourth-order valence-corrected chi connectivity index (χ4v) is 3.25. The maximum Gasteiger partial charge on any atom is 0.0538 e. The summed E-state index contributed by atoms with van der Waals surface area (Å²) in [6.45, 7) is 6.65. The number of hydrogen-bond acceptors (Lipinski definition) is 1. The summed E-state index contributed by atoms with van der Waals surface area (Å²) in [4.78, 5) is 0. The van der Waals surface area contributed by atoms with Crippen LogP contribution in [-0.4, -0.2) is 0 Å². The summed E-state index contributed by atoms with van der Waals surface area (Å²) < 4.78 is 0.954. The van der Waals surface area contributed by atoms with Crippen LogP contribution in [0.4, 0.5) is 5.69 Å². The van der Waals surface area contributed by atoms with E-state index in [0.717, 1.165) is 21.3 Å². The van der Waals surface area contributed by atoms with E-state index < -0.39 is 0 Å². The van der Waals surface area contributed by atoms with Crippen molar-refractivity contribution in [1.82, 2.24) is 0 Å². The fourth-order valence-electron chi connectivity index (χ4n) is 2.79. The highest BCUT2D eigenvalue weighted by molar-refractivity contribution is 9.10. The molecule has 0 radical (unpaired) electrons. The number of benzene rings is 3. The Hall–Kier alpha value is -2.06. The van der Waals surface area contributed by atoms with Gasteiger partial charge in [-0.2, -0.15) is 0 Å². The maximum atomic E-state index is 6.37. The molecule has 0 aliphatic heterocycles. The lowest BCUT2D eigenvalue weighted by Crippen LogP contribution is -2.11. The molecule has 0 unspecified atom stereocenters. The highest BCUT2D eigenvalue weighted by atomic mass is 79.9. The van der Waals surface area contributed by atoms with Gasteiger partial charge < -0.3 is 5.73 Å². The Labute approximate surface area is 152 Å². The first-order valence-electron chi connectivity index (χ1n) is 8.11. The van der Waals surface area contributed by atoms with Crippen molar-refractivity contribution in [3.8, 4) is 22.3 Å². The molecule has 2 N–H and O–H groups in total. The zero-order chi connectivity index (χ0) is 17.3. The molecule has 1 nitrogen and oxygen atoms in total. The van der Waals surface area contributed by atoms with E-state index in [1.54, 1.807) is 0 Å². The minimum absolute atomic E-state index is 0.0714. The second-order valence-corrected chi connectivity index (χ2v) is 7.97. The first-order chi connectivity index (χ1) is 11.4. The van der Waals surface area contributed by atoms with Gasteiger partial charge in [-0.3, -0.25) is 0 Å². The molecule has 0 aliphatic rings. The molecule has 0 aromatic heterocycles. The molecule has 0 spiro atoms. The lowest BCUT2D eigenvalue weighted by molar-refractivity contribution is 0.590. The van der Waals surface area contributed by atoms with E-state index in [0.29, 0.717) is 0 Å². The summed E-state index contributed by atoms with van der Waals surface area (Å²) in [7, 11) is 0. The van der Waals surface area contributed by atoms with Gasteiger partial charge in [0.05, 0.1) is 5.69 Å².